The van der Waals surface area contributed by atoms with Gasteiger partial charge in [0.1, 0.15) is 12.4 Å². The van der Waals surface area contributed by atoms with Gasteiger partial charge in [-0.25, -0.2) is 14.1 Å². The number of anilines is 2. The Balaban J connectivity index is 1.45. The van der Waals surface area contributed by atoms with Crippen LogP contribution in [0.5, 0.6) is 0 Å². The minimum Gasteiger partial charge on any atom is -0.363 e. The Labute approximate surface area is 185 Å². The quantitative estimate of drug-likeness (QED) is 0.793. The Bertz CT molecular complexity index is 1050. The van der Waals surface area contributed by atoms with Gasteiger partial charge in [0.2, 0.25) is 5.91 Å². The summed E-state index contributed by atoms with van der Waals surface area (Å²) in [6, 6.07) is 13.2. The first-order valence-corrected chi connectivity index (χ1v) is 10.9. The van der Waals surface area contributed by atoms with Gasteiger partial charge >= 0.3 is 6.03 Å². The van der Waals surface area contributed by atoms with Crippen molar-refractivity contribution in [2.45, 2.75) is 43.9 Å². The number of halogens is 1. The number of amides is 4. The van der Waals surface area contributed by atoms with Crippen molar-refractivity contribution < 1.29 is 23.5 Å². The van der Waals surface area contributed by atoms with Crippen LogP contribution in [0.4, 0.5) is 20.6 Å². The highest BCUT2D eigenvalue weighted by atomic mass is 19.1. The summed E-state index contributed by atoms with van der Waals surface area (Å²) < 4.78 is 19.7. The summed E-state index contributed by atoms with van der Waals surface area (Å²) in [5.41, 5.74) is 0.750. The fraction of sp³-hybridized carbons (Fsp3) is 0.375. The lowest BCUT2D eigenvalue weighted by Gasteiger charge is -2.42. The van der Waals surface area contributed by atoms with Gasteiger partial charge in [0.05, 0.1) is 17.8 Å². The van der Waals surface area contributed by atoms with Crippen LogP contribution in [0.25, 0.3) is 0 Å². The number of nitrogens with one attached hydrogen (secondary N) is 1. The first-order chi connectivity index (χ1) is 15.5. The number of para-hydroxylation sites is 1. The number of hydrogen-bond acceptors (Lipinski definition) is 4. The summed E-state index contributed by atoms with van der Waals surface area (Å²) >= 11 is 0. The van der Waals surface area contributed by atoms with Crippen molar-refractivity contribution in [3.8, 4) is 0 Å². The van der Waals surface area contributed by atoms with Crippen LogP contribution >= 0.6 is 0 Å². The number of rotatable bonds is 4. The largest absolute Gasteiger partial charge is 0.363 e. The summed E-state index contributed by atoms with van der Waals surface area (Å²) in [5, 5.41) is 2.65. The smallest absolute Gasteiger partial charge is 0.332 e. The van der Waals surface area contributed by atoms with E-state index in [4.69, 9.17) is 4.74 Å². The zero-order valence-electron chi connectivity index (χ0n) is 17.4. The van der Waals surface area contributed by atoms with Gasteiger partial charge in [-0.2, -0.15) is 0 Å². The van der Waals surface area contributed by atoms with Crippen molar-refractivity contribution in [1.29, 1.82) is 0 Å². The molecule has 166 valence electrons. The van der Waals surface area contributed by atoms with Crippen molar-refractivity contribution in [3.05, 3.63) is 60.4 Å². The first kappa shape index (κ1) is 20.6. The normalized spacial score (nSPS) is 27.2. The predicted molar refractivity (Wildman–Crippen MR) is 115 cm³/mol. The standard InChI is InChI=1S/C24H24FN3O4/c25-15-7-6-8-16(13-15)26-20(29)14-27-21-18-11-4-5-12-19(18)32-22(21)23(30)28(24(27)31)17-9-2-1-3-10-17/h1-3,6-10,13,18-19,21-22H,4-5,11-12,14H2,(H,26,29). The molecule has 3 aliphatic rings. The molecule has 2 heterocycles. The SMILES string of the molecule is O=C(CN1C(=O)N(c2ccccc2)C(=O)C2OC3CCCCC3C21)Nc1cccc(F)c1. The van der Waals surface area contributed by atoms with Crippen molar-refractivity contribution in [2.24, 2.45) is 5.92 Å². The maximum absolute atomic E-state index is 13.5. The molecule has 7 nitrogen and oxygen atoms in total. The molecule has 0 aromatic heterocycles. The van der Waals surface area contributed by atoms with Crippen molar-refractivity contribution in [2.75, 3.05) is 16.8 Å². The highest BCUT2D eigenvalue weighted by molar-refractivity contribution is 6.18. The average Bonchev–Trinajstić information content (AvgIpc) is 3.17. The molecule has 4 atom stereocenters. The third-order valence-electron chi connectivity index (χ3n) is 6.52. The second-order valence-electron chi connectivity index (χ2n) is 8.51. The molecule has 3 fully saturated rings. The van der Waals surface area contributed by atoms with Crippen LogP contribution in [-0.4, -0.2) is 47.5 Å². The van der Waals surface area contributed by atoms with Crippen molar-refractivity contribution >= 4 is 29.2 Å². The second kappa shape index (κ2) is 8.35. The maximum atomic E-state index is 13.5. The Morgan fingerprint density at radius 1 is 1.06 bits per heavy atom. The van der Waals surface area contributed by atoms with E-state index >= 15 is 0 Å². The van der Waals surface area contributed by atoms with E-state index in [2.05, 4.69) is 5.32 Å². The molecule has 1 saturated carbocycles. The molecule has 1 N–H and O–H groups in total. The van der Waals surface area contributed by atoms with E-state index in [1.165, 1.54) is 23.1 Å². The van der Waals surface area contributed by atoms with Gasteiger partial charge in [-0.05, 0) is 43.2 Å². The predicted octanol–water partition coefficient (Wildman–Crippen LogP) is 3.56. The molecule has 4 amide bonds. The Morgan fingerprint density at radius 2 is 1.84 bits per heavy atom. The Morgan fingerprint density at radius 3 is 2.62 bits per heavy atom. The van der Waals surface area contributed by atoms with Gasteiger partial charge in [0.25, 0.3) is 5.91 Å². The summed E-state index contributed by atoms with van der Waals surface area (Å²) in [6.07, 6.45) is 2.81. The third kappa shape index (κ3) is 3.64. The molecule has 4 unspecified atom stereocenters. The number of ether oxygens (including phenoxy) is 1. The zero-order chi connectivity index (χ0) is 22.2. The zero-order valence-corrected chi connectivity index (χ0v) is 17.4. The van der Waals surface area contributed by atoms with Gasteiger partial charge in [-0.3, -0.25) is 9.59 Å². The fourth-order valence-corrected chi connectivity index (χ4v) is 5.16. The summed E-state index contributed by atoms with van der Waals surface area (Å²) in [5.74, 6) is -1.29. The second-order valence-corrected chi connectivity index (χ2v) is 8.51. The van der Waals surface area contributed by atoms with Crippen LogP contribution in [0.15, 0.2) is 54.6 Å². The topological polar surface area (TPSA) is 79.0 Å². The van der Waals surface area contributed by atoms with Crippen LogP contribution < -0.4 is 10.2 Å². The van der Waals surface area contributed by atoms with E-state index in [1.54, 1.807) is 36.4 Å². The Hall–Kier alpha value is -3.26. The lowest BCUT2D eigenvalue weighted by atomic mass is 9.81. The molecule has 8 heteroatoms. The molecule has 2 aromatic carbocycles. The minimum atomic E-state index is -0.803. The molecule has 1 aliphatic carbocycles. The molecule has 32 heavy (non-hydrogen) atoms. The maximum Gasteiger partial charge on any atom is 0.332 e. The lowest BCUT2D eigenvalue weighted by Crippen LogP contribution is -2.65. The average molecular weight is 437 g/mol. The van der Waals surface area contributed by atoms with E-state index in [1.807, 2.05) is 0 Å². The number of carbonyl (C=O) groups excluding carboxylic acids is 3. The van der Waals surface area contributed by atoms with Crippen LogP contribution in [0.1, 0.15) is 25.7 Å². The number of hydrogen-bond donors (Lipinski definition) is 1. The van der Waals surface area contributed by atoms with Gasteiger partial charge < -0.3 is 15.0 Å². The molecule has 0 bridgehead atoms. The molecule has 2 aliphatic heterocycles. The molecular formula is C24H24FN3O4. The Kier molecular flexibility index (Phi) is 5.38. The van der Waals surface area contributed by atoms with E-state index in [9.17, 15) is 18.8 Å². The van der Waals surface area contributed by atoms with E-state index in [0.717, 1.165) is 30.6 Å². The highest BCUT2D eigenvalue weighted by Gasteiger charge is 2.57. The molecule has 2 saturated heterocycles. The number of nitrogens with zero attached hydrogens (tertiary/aromatic N) is 2. The number of carbonyl (C=O) groups is 3. The monoisotopic (exact) mass is 437 g/mol. The lowest BCUT2D eigenvalue weighted by molar-refractivity contribution is -0.133. The van der Waals surface area contributed by atoms with E-state index in [-0.39, 0.29) is 24.5 Å². The van der Waals surface area contributed by atoms with Crippen LogP contribution in [0, 0.1) is 11.7 Å². The van der Waals surface area contributed by atoms with Crippen molar-refractivity contribution in [1.82, 2.24) is 4.90 Å². The minimum absolute atomic E-state index is 0.0153. The van der Waals surface area contributed by atoms with Gasteiger partial charge in [-0.15, -0.1) is 0 Å². The fourth-order valence-electron chi connectivity index (χ4n) is 5.16. The molecule has 0 spiro atoms. The highest BCUT2D eigenvalue weighted by Crippen LogP contribution is 2.43. The number of imide groups is 1. The molecule has 2 aromatic rings. The van der Waals surface area contributed by atoms with Crippen LogP contribution in [0.2, 0.25) is 0 Å². The van der Waals surface area contributed by atoms with E-state index in [0.29, 0.717) is 11.4 Å². The first-order valence-electron chi connectivity index (χ1n) is 10.9. The number of urea groups is 1. The van der Waals surface area contributed by atoms with Crippen LogP contribution in [0.3, 0.4) is 0 Å². The number of benzene rings is 2. The summed E-state index contributed by atoms with van der Waals surface area (Å²) in [6.45, 7) is -0.250. The summed E-state index contributed by atoms with van der Waals surface area (Å²) in [7, 11) is 0. The molecule has 0 radical (unpaired) electrons. The molecule has 5 rings (SSSR count). The van der Waals surface area contributed by atoms with Crippen LogP contribution in [-0.2, 0) is 14.3 Å². The van der Waals surface area contributed by atoms with Gasteiger partial charge in [0.15, 0.2) is 6.10 Å². The van der Waals surface area contributed by atoms with E-state index < -0.39 is 29.9 Å². The third-order valence-corrected chi connectivity index (χ3v) is 6.52. The van der Waals surface area contributed by atoms with Gasteiger partial charge in [0, 0.05) is 11.6 Å². The summed E-state index contributed by atoms with van der Waals surface area (Å²) in [4.78, 5) is 42.3. The van der Waals surface area contributed by atoms with Gasteiger partial charge in [-0.1, -0.05) is 37.1 Å². The number of fused-ring (bicyclic) bond motifs is 3. The molecular weight excluding hydrogens is 413 g/mol. The van der Waals surface area contributed by atoms with Crippen molar-refractivity contribution in [3.63, 3.8) is 0 Å².